The minimum Gasteiger partial charge on any atom is -0.444 e. The van der Waals surface area contributed by atoms with Crippen molar-refractivity contribution in [1.29, 1.82) is 0 Å². The summed E-state index contributed by atoms with van der Waals surface area (Å²) >= 11 is 6.11. The lowest BCUT2D eigenvalue weighted by molar-refractivity contribution is 0.0472. The molecule has 1 saturated carbocycles. The third-order valence-electron chi connectivity index (χ3n) is 4.79. The zero-order valence-electron chi connectivity index (χ0n) is 14.8. The molecule has 1 saturated heterocycles. The van der Waals surface area contributed by atoms with E-state index in [0.717, 1.165) is 37.3 Å². The van der Waals surface area contributed by atoms with Crippen LogP contribution in [0.3, 0.4) is 0 Å². The van der Waals surface area contributed by atoms with Gasteiger partial charge in [-0.25, -0.2) is 9.78 Å². The summed E-state index contributed by atoms with van der Waals surface area (Å²) in [6.45, 7) is 9.48. The van der Waals surface area contributed by atoms with Gasteiger partial charge in [-0.3, -0.25) is 0 Å². The molecule has 132 valence electrons. The number of halogens is 1. The SMILES string of the molecule is Cc1cc(N2C[C@H]3CC[C@@H](C2)[C@@H]3NC(=O)OC(C)(C)C)cc(Cl)n1. The molecule has 2 bridgehead atoms. The molecule has 3 rings (SSSR count). The fraction of sp³-hybridized carbons (Fsp3) is 0.667. The van der Waals surface area contributed by atoms with Gasteiger partial charge >= 0.3 is 6.09 Å². The van der Waals surface area contributed by atoms with Crippen molar-refractivity contribution < 1.29 is 9.53 Å². The topological polar surface area (TPSA) is 54.5 Å². The van der Waals surface area contributed by atoms with E-state index >= 15 is 0 Å². The van der Waals surface area contributed by atoms with E-state index in [1.807, 2.05) is 33.8 Å². The number of carbonyl (C=O) groups is 1. The number of aromatic nitrogens is 1. The van der Waals surface area contributed by atoms with Crippen LogP contribution in [0.4, 0.5) is 10.5 Å². The normalized spacial score (nSPS) is 26.4. The van der Waals surface area contributed by atoms with Crippen LogP contribution in [0.15, 0.2) is 12.1 Å². The van der Waals surface area contributed by atoms with Gasteiger partial charge in [-0.1, -0.05) is 11.6 Å². The molecule has 0 unspecified atom stereocenters. The van der Waals surface area contributed by atoms with Gasteiger partial charge in [0.25, 0.3) is 0 Å². The number of fused-ring (bicyclic) bond motifs is 2. The molecule has 2 fully saturated rings. The quantitative estimate of drug-likeness (QED) is 0.824. The maximum atomic E-state index is 12.1. The van der Waals surface area contributed by atoms with Crippen LogP contribution in [0, 0.1) is 18.8 Å². The molecule has 2 heterocycles. The zero-order chi connectivity index (χ0) is 17.5. The van der Waals surface area contributed by atoms with Crippen LogP contribution in [-0.4, -0.2) is 35.8 Å². The Morgan fingerprint density at radius 1 is 1.29 bits per heavy atom. The third-order valence-corrected chi connectivity index (χ3v) is 4.98. The predicted octanol–water partition coefficient (Wildman–Crippen LogP) is 3.78. The summed E-state index contributed by atoms with van der Waals surface area (Å²) in [5.41, 5.74) is 1.59. The lowest BCUT2D eigenvalue weighted by Crippen LogP contribution is -2.53. The highest BCUT2D eigenvalue weighted by atomic mass is 35.5. The standard InChI is InChI=1S/C18H26ClN3O2/c1-11-7-14(8-15(19)20-11)22-9-12-5-6-13(10-22)16(12)21-17(23)24-18(2,3)4/h7-8,12-13,16H,5-6,9-10H2,1-4H3,(H,21,23)/t12-,13+,16-. The molecule has 0 radical (unpaired) electrons. The van der Waals surface area contributed by atoms with Crippen molar-refractivity contribution in [2.24, 2.45) is 11.8 Å². The number of pyridine rings is 1. The van der Waals surface area contributed by atoms with Crippen LogP contribution < -0.4 is 10.2 Å². The van der Waals surface area contributed by atoms with Gasteiger partial charge in [0.05, 0.1) is 0 Å². The highest BCUT2D eigenvalue weighted by Gasteiger charge is 2.43. The lowest BCUT2D eigenvalue weighted by atomic mass is 9.92. The van der Waals surface area contributed by atoms with Crippen LogP contribution in [0.5, 0.6) is 0 Å². The molecule has 1 amide bonds. The van der Waals surface area contributed by atoms with Gasteiger partial charge in [-0.05, 0) is 64.5 Å². The second kappa shape index (κ2) is 6.43. The number of amides is 1. The molecule has 6 heteroatoms. The molecule has 24 heavy (non-hydrogen) atoms. The average molecular weight is 352 g/mol. The van der Waals surface area contributed by atoms with E-state index in [1.165, 1.54) is 0 Å². The van der Waals surface area contributed by atoms with Gasteiger partial charge in [-0.15, -0.1) is 0 Å². The molecule has 5 nitrogen and oxygen atoms in total. The molecule has 1 aromatic rings. The van der Waals surface area contributed by atoms with Crippen LogP contribution in [0.25, 0.3) is 0 Å². The Balaban J connectivity index is 1.67. The van der Waals surface area contributed by atoms with Crippen LogP contribution in [0.2, 0.25) is 5.15 Å². The first-order chi connectivity index (χ1) is 11.2. The van der Waals surface area contributed by atoms with Crippen molar-refractivity contribution in [2.45, 2.75) is 52.2 Å². The summed E-state index contributed by atoms with van der Waals surface area (Å²) in [7, 11) is 0. The summed E-state index contributed by atoms with van der Waals surface area (Å²) < 4.78 is 5.42. The molecular formula is C18H26ClN3O2. The van der Waals surface area contributed by atoms with Crippen LogP contribution in [-0.2, 0) is 4.74 Å². The van der Waals surface area contributed by atoms with Crippen LogP contribution in [0.1, 0.15) is 39.3 Å². The lowest BCUT2D eigenvalue weighted by Gasteiger charge is -2.39. The maximum Gasteiger partial charge on any atom is 0.407 e. The van der Waals surface area contributed by atoms with Crippen molar-refractivity contribution in [3.63, 3.8) is 0 Å². The zero-order valence-corrected chi connectivity index (χ0v) is 15.6. The number of nitrogens with zero attached hydrogens (tertiary/aromatic N) is 2. The number of hydrogen-bond acceptors (Lipinski definition) is 4. The smallest absolute Gasteiger partial charge is 0.407 e. The number of anilines is 1. The van der Waals surface area contributed by atoms with Gasteiger partial charge in [0, 0.05) is 30.5 Å². The number of hydrogen-bond donors (Lipinski definition) is 1. The average Bonchev–Trinajstić information content (AvgIpc) is 2.67. The van der Waals surface area contributed by atoms with Crippen molar-refractivity contribution >= 4 is 23.4 Å². The number of carbonyl (C=O) groups excluding carboxylic acids is 1. The van der Waals surface area contributed by atoms with Gasteiger partial charge < -0.3 is 15.0 Å². The minimum atomic E-state index is -0.463. The number of nitrogens with one attached hydrogen (secondary N) is 1. The third kappa shape index (κ3) is 3.94. The highest BCUT2D eigenvalue weighted by Crippen LogP contribution is 2.39. The molecule has 3 atom stereocenters. The summed E-state index contributed by atoms with van der Waals surface area (Å²) in [6, 6.07) is 4.21. The molecule has 2 aliphatic rings. The Morgan fingerprint density at radius 2 is 1.92 bits per heavy atom. The molecule has 1 aliphatic carbocycles. The Morgan fingerprint density at radius 3 is 2.46 bits per heavy atom. The molecule has 1 aliphatic heterocycles. The van der Waals surface area contributed by atoms with E-state index in [-0.39, 0.29) is 12.1 Å². The van der Waals surface area contributed by atoms with Crippen molar-refractivity contribution in [2.75, 3.05) is 18.0 Å². The largest absolute Gasteiger partial charge is 0.444 e. The van der Waals surface area contributed by atoms with Gasteiger partial charge in [0.2, 0.25) is 0 Å². The summed E-state index contributed by atoms with van der Waals surface area (Å²) in [6.07, 6.45) is 1.97. The van der Waals surface area contributed by atoms with E-state index in [2.05, 4.69) is 21.3 Å². The summed E-state index contributed by atoms with van der Waals surface area (Å²) in [5.74, 6) is 0.895. The maximum absolute atomic E-state index is 12.1. The first kappa shape index (κ1) is 17.3. The Labute approximate surface area is 148 Å². The van der Waals surface area contributed by atoms with Gasteiger partial charge in [-0.2, -0.15) is 0 Å². The first-order valence-electron chi connectivity index (χ1n) is 8.60. The fourth-order valence-corrected chi connectivity index (χ4v) is 4.15. The number of alkyl carbamates (subject to hydrolysis) is 1. The number of rotatable bonds is 2. The fourth-order valence-electron chi connectivity index (χ4n) is 3.91. The van der Waals surface area contributed by atoms with E-state index in [9.17, 15) is 4.79 Å². The number of aryl methyl sites for hydroxylation is 1. The second-order valence-corrected chi connectivity index (χ2v) is 8.35. The molecule has 0 aromatic carbocycles. The molecule has 1 N–H and O–H groups in total. The van der Waals surface area contributed by atoms with E-state index in [4.69, 9.17) is 16.3 Å². The Kier molecular flexibility index (Phi) is 4.65. The minimum absolute atomic E-state index is 0.203. The van der Waals surface area contributed by atoms with Crippen molar-refractivity contribution in [1.82, 2.24) is 10.3 Å². The second-order valence-electron chi connectivity index (χ2n) is 7.96. The Hall–Kier alpha value is -1.49. The Bertz CT molecular complexity index is 595. The summed E-state index contributed by atoms with van der Waals surface area (Å²) in [4.78, 5) is 18.7. The predicted molar refractivity (Wildman–Crippen MR) is 95.6 cm³/mol. The number of piperidine rings is 1. The monoisotopic (exact) mass is 351 g/mol. The van der Waals surface area contributed by atoms with Gasteiger partial charge in [0.1, 0.15) is 10.8 Å². The molecule has 1 aromatic heterocycles. The highest BCUT2D eigenvalue weighted by molar-refractivity contribution is 6.29. The van der Waals surface area contributed by atoms with Crippen molar-refractivity contribution in [3.8, 4) is 0 Å². The molecular weight excluding hydrogens is 326 g/mol. The molecule has 0 spiro atoms. The number of ether oxygens (including phenoxy) is 1. The van der Waals surface area contributed by atoms with Gasteiger partial charge in [0.15, 0.2) is 0 Å². The van der Waals surface area contributed by atoms with E-state index in [0.29, 0.717) is 17.0 Å². The van der Waals surface area contributed by atoms with Crippen molar-refractivity contribution in [3.05, 3.63) is 23.0 Å². The van der Waals surface area contributed by atoms with E-state index in [1.54, 1.807) is 0 Å². The van der Waals surface area contributed by atoms with E-state index < -0.39 is 5.60 Å². The van der Waals surface area contributed by atoms with Crippen LogP contribution >= 0.6 is 11.6 Å². The summed E-state index contributed by atoms with van der Waals surface area (Å²) in [5, 5.41) is 3.64. The first-order valence-corrected chi connectivity index (χ1v) is 8.98.